The van der Waals surface area contributed by atoms with Gasteiger partial charge in [0.15, 0.2) is 0 Å². The second-order valence-electron chi connectivity index (χ2n) is 4.58. The summed E-state index contributed by atoms with van der Waals surface area (Å²) in [6, 6.07) is 0. The quantitative estimate of drug-likeness (QED) is 0.685. The summed E-state index contributed by atoms with van der Waals surface area (Å²) in [7, 11) is 0. The van der Waals surface area contributed by atoms with Gasteiger partial charge < -0.3 is 4.90 Å². The van der Waals surface area contributed by atoms with Crippen molar-refractivity contribution in [3.8, 4) is 0 Å². The number of likely N-dealkylation sites (tertiary alicyclic amines) is 1. The SMILES string of the molecule is CCC1(C)CCN(CCCS)CC1. The van der Waals surface area contributed by atoms with E-state index in [2.05, 4.69) is 31.4 Å². The first-order chi connectivity index (χ1) is 6.20. The number of rotatable bonds is 4. The molecule has 0 radical (unpaired) electrons. The van der Waals surface area contributed by atoms with Crippen LogP contribution in [0.5, 0.6) is 0 Å². The molecule has 1 saturated heterocycles. The van der Waals surface area contributed by atoms with E-state index >= 15 is 0 Å². The largest absolute Gasteiger partial charge is 0.303 e. The molecule has 0 spiro atoms. The highest BCUT2D eigenvalue weighted by atomic mass is 32.1. The zero-order valence-electron chi connectivity index (χ0n) is 9.05. The minimum Gasteiger partial charge on any atom is -0.303 e. The van der Waals surface area contributed by atoms with Crippen LogP contribution in [0.25, 0.3) is 0 Å². The minimum absolute atomic E-state index is 0.636. The molecule has 1 heterocycles. The Morgan fingerprint density at radius 2 is 1.92 bits per heavy atom. The van der Waals surface area contributed by atoms with Gasteiger partial charge in [-0.15, -0.1) is 0 Å². The lowest BCUT2D eigenvalue weighted by Gasteiger charge is -2.38. The van der Waals surface area contributed by atoms with Gasteiger partial charge >= 0.3 is 0 Å². The standard InChI is InChI=1S/C11H23NS/c1-3-11(2)5-8-12(9-6-11)7-4-10-13/h13H,3-10H2,1-2H3. The maximum Gasteiger partial charge on any atom is -0.00110 e. The summed E-state index contributed by atoms with van der Waals surface area (Å²) in [5.41, 5.74) is 0.636. The Morgan fingerprint density at radius 3 is 2.38 bits per heavy atom. The topological polar surface area (TPSA) is 3.24 Å². The molecule has 0 bridgehead atoms. The van der Waals surface area contributed by atoms with Crippen molar-refractivity contribution in [3.05, 3.63) is 0 Å². The van der Waals surface area contributed by atoms with Crippen molar-refractivity contribution in [1.82, 2.24) is 4.90 Å². The Bertz CT molecular complexity index is 139. The Morgan fingerprint density at radius 1 is 1.31 bits per heavy atom. The first-order valence-corrected chi connectivity index (χ1v) is 6.17. The molecule has 78 valence electrons. The summed E-state index contributed by atoms with van der Waals surface area (Å²) >= 11 is 4.25. The highest BCUT2D eigenvalue weighted by Crippen LogP contribution is 2.33. The number of piperidine rings is 1. The van der Waals surface area contributed by atoms with Crippen molar-refractivity contribution in [2.24, 2.45) is 5.41 Å². The van der Waals surface area contributed by atoms with Gasteiger partial charge in [0.05, 0.1) is 0 Å². The monoisotopic (exact) mass is 201 g/mol. The molecule has 0 saturated carbocycles. The maximum atomic E-state index is 4.25. The van der Waals surface area contributed by atoms with E-state index in [4.69, 9.17) is 0 Å². The fourth-order valence-corrected chi connectivity index (χ4v) is 2.11. The van der Waals surface area contributed by atoms with Gasteiger partial charge in [-0.25, -0.2) is 0 Å². The van der Waals surface area contributed by atoms with Gasteiger partial charge in [-0.1, -0.05) is 20.3 Å². The van der Waals surface area contributed by atoms with E-state index in [0.29, 0.717) is 5.41 Å². The molecule has 1 aliphatic rings. The van der Waals surface area contributed by atoms with Crippen molar-refractivity contribution in [2.75, 3.05) is 25.4 Å². The number of nitrogens with zero attached hydrogens (tertiary/aromatic N) is 1. The number of hydrogen-bond acceptors (Lipinski definition) is 2. The lowest BCUT2D eigenvalue weighted by atomic mass is 9.78. The zero-order chi connectivity index (χ0) is 9.73. The second-order valence-corrected chi connectivity index (χ2v) is 5.03. The predicted octanol–water partition coefficient (Wildman–Crippen LogP) is 2.82. The van der Waals surface area contributed by atoms with Crippen LogP contribution in [0.1, 0.15) is 39.5 Å². The molecule has 1 aliphatic heterocycles. The molecule has 0 aromatic rings. The molecular weight excluding hydrogens is 178 g/mol. The van der Waals surface area contributed by atoms with E-state index in [0.717, 1.165) is 5.75 Å². The summed E-state index contributed by atoms with van der Waals surface area (Å²) in [5.74, 6) is 1.03. The Hall–Kier alpha value is 0.310. The highest BCUT2D eigenvalue weighted by Gasteiger charge is 2.27. The van der Waals surface area contributed by atoms with E-state index in [1.807, 2.05) is 0 Å². The van der Waals surface area contributed by atoms with Gasteiger partial charge in [0.25, 0.3) is 0 Å². The van der Waals surface area contributed by atoms with Crippen LogP contribution in [0, 0.1) is 5.41 Å². The maximum absolute atomic E-state index is 4.25. The molecular formula is C11H23NS. The van der Waals surface area contributed by atoms with Crippen LogP contribution in [-0.4, -0.2) is 30.3 Å². The second kappa shape index (κ2) is 5.26. The Balaban J connectivity index is 2.22. The Labute approximate surface area is 88.3 Å². The number of thiol groups is 1. The highest BCUT2D eigenvalue weighted by molar-refractivity contribution is 7.80. The van der Waals surface area contributed by atoms with Gasteiger partial charge in [-0.2, -0.15) is 12.6 Å². The molecule has 0 aromatic heterocycles. The van der Waals surface area contributed by atoms with E-state index in [1.54, 1.807) is 0 Å². The summed E-state index contributed by atoms with van der Waals surface area (Å²) < 4.78 is 0. The first-order valence-electron chi connectivity index (χ1n) is 5.53. The van der Waals surface area contributed by atoms with E-state index < -0.39 is 0 Å². The van der Waals surface area contributed by atoms with Crippen LogP contribution < -0.4 is 0 Å². The molecule has 2 heteroatoms. The van der Waals surface area contributed by atoms with Crippen LogP contribution in [-0.2, 0) is 0 Å². The van der Waals surface area contributed by atoms with Crippen molar-refractivity contribution >= 4 is 12.6 Å². The molecule has 0 aromatic carbocycles. The van der Waals surface area contributed by atoms with E-state index in [1.165, 1.54) is 45.3 Å². The molecule has 0 amide bonds. The van der Waals surface area contributed by atoms with Gasteiger partial charge in [-0.05, 0) is 50.1 Å². The van der Waals surface area contributed by atoms with E-state index in [-0.39, 0.29) is 0 Å². The molecule has 0 aliphatic carbocycles. The summed E-state index contributed by atoms with van der Waals surface area (Å²) in [5, 5.41) is 0. The molecule has 0 unspecified atom stereocenters. The van der Waals surface area contributed by atoms with Crippen LogP contribution in [0.15, 0.2) is 0 Å². The first kappa shape index (κ1) is 11.4. The van der Waals surface area contributed by atoms with Gasteiger partial charge in [0, 0.05) is 0 Å². The lowest BCUT2D eigenvalue weighted by Crippen LogP contribution is -2.38. The normalized spacial score (nSPS) is 23.3. The summed E-state index contributed by atoms with van der Waals surface area (Å²) in [6.07, 6.45) is 5.35. The molecule has 0 atom stereocenters. The molecule has 1 fully saturated rings. The third kappa shape index (κ3) is 3.51. The van der Waals surface area contributed by atoms with Crippen molar-refractivity contribution < 1.29 is 0 Å². The van der Waals surface area contributed by atoms with Crippen molar-refractivity contribution in [1.29, 1.82) is 0 Å². The van der Waals surface area contributed by atoms with Gasteiger partial charge in [0.2, 0.25) is 0 Å². The number of hydrogen-bond donors (Lipinski definition) is 1. The van der Waals surface area contributed by atoms with Crippen LogP contribution in [0.3, 0.4) is 0 Å². The minimum atomic E-state index is 0.636. The average Bonchev–Trinajstić information content (AvgIpc) is 2.17. The van der Waals surface area contributed by atoms with Crippen LogP contribution in [0.4, 0.5) is 0 Å². The van der Waals surface area contributed by atoms with Crippen molar-refractivity contribution in [2.45, 2.75) is 39.5 Å². The zero-order valence-corrected chi connectivity index (χ0v) is 9.95. The average molecular weight is 201 g/mol. The fraction of sp³-hybridized carbons (Fsp3) is 1.00. The Kier molecular flexibility index (Phi) is 4.60. The molecule has 13 heavy (non-hydrogen) atoms. The molecule has 0 N–H and O–H groups in total. The molecule has 1 nitrogen and oxygen atoms in total. The van der Waals surface area contributed by atoms with E-state index in [9.17, 15) is 0 Å². The van der Waals surface area contributed by atoms with Gasteiger partial charge in [-0.3, -0.25) is 0 Å². The third-order valence-corrected chi connectivity index (χ3v) is 3.87. The lowest BCUT2D eigenvalue weighted by molar-refractivity contribution is 0.115. The third-order valence-electron chi connectivity index (χ3n) is 3.55. The molecule has 1 rings (SSSR count). The summed E-state index contributed by atoms with van der Waals surface area (Å²) in [6.45, 7) is 8.62. The smallest absolute Gasteiger partial charge is 0.00110 e. The summed E-state index contributed by atoms with van der Waals surface area (Å²) in [4.78, 5) is 2.59. The van der Waals surface area contributed by atoms with Crippen LogP contribution in [0.2, 0.25) is 0 Å². The van der Waals surface area contributed by atoms with Crippen LogP contribution >= 0.6 is 12.6 Å². The fourth-order valence-electron chi connectivity index (χ4n) is 1.96. The van der Waals surface area contributed by atoms with Crippen molar-refractivity contribution in [3.63, 3.8) is 0 Å². The predicted molar refractivity (Wildman–Crippen MR) is 62.5 cm³/mol. The van der Waals surface area contributed by atoms with Gasteiger partial charge in [0.1, 0.15) is 0 Å².